The van der Waals surface area contributed by atoms with E-state index in [0.29, 0.717) is 23.1 Å². The number of aliphatic carboxylic acids is 1. The van der Waals surface area contributed by atoms with Crippen LogP contribution in [-0.4, -0.2) is 29.7 Å². The molecule has 0 bridgehead atoms. The first-order chi connectivity index (χ1) is 8.01. The van der Waals surface area contributed by atoms with E-state index in [2.05, 4.69) is 10.6 Å². The minimum absolute atomic E-state index is 0.0697. The highest BCUT2D eigenvalue weighted by molar-refractivity contribution is 6.42. The fourth-order valence-electron chi connectivity index (χ4n) is 1.85. The highest BCUT2D eigenvalue weighted by atomic mass is 35.5. The van der Waals surface area contributed by atoms with E-state index >= 15 is 0 Å². The Morgan fingerprint density at radius 3 is 2.59 bits per heavy atom. The van der Waals surface area contributed by atoms with Crippen molar-refractivity contribution in [1.29, 1.82) is 0 Å². The summed E-state index contributed by atoms with van der Waals surface area (Å²) < 4.78 is 0. The summed E-state index contributed by atoms with van der Waals surface area (Å²) in [6.07, 6.45) is 0.0697. The predicted molar refractivity (Wildman–Crippen MR) is 67.9 cm³/mol. The predicted octanol–water partition coefficient (Wildman–Crippen LogP) is 2.22. The summed E-state index contributed by atoms with van der Waals surface area (Å²) >= 11 is 11.7. The van der Waals surface area contributed by atoms with Crippen molar-refractivity contribution in [2.45, 2.75) is 12.0 Å². The van der Waals surface area contributed by atoms with Crippen molar-refractivity contribution in [1.82, 2.24) is 5.32 Å². The number of carboxylic acid groups (broad SMARTS) is 1. The molecule has 6 heteroatoms. The van der Waals surface area contributed by atoms with Gasteiger partial charge in [-0.3, -0.25) is 4.79 Å². The Kier molecular flexibility index (Phi) is 3.47. The van der Waals surface area contributed by atoms with E-state index in [0.717, 1.165) is 5.69 Å². The fraction of sp³-hybridized carbons (Fsp3) is 0.364. The second-order valence-electron chi connectivity index (χ2n) is 4.21. The number of carboxylic acids is 1. The van der Waals surface area contributed by atoms with E-state index in [1.165, 1.54) is 0 Å². The Morgan fingerprint density at radius 2 is 2.12 bits per heavy atom. The number of benzene rings is 1. The van der Waals surface area contributed by atoms with Crippen molar-refractivity contribution < 1.29 is 9.90 Å². The van der Waals surface area contributed by atoms with Crippen LogP contribution in [0.15, 0.2) is 18.2 Å². The Labute approximate surface area is 109 Å². The standard InChI is InChI=1S/C11H12Cl2N2O2/c12-8-2-1-7(3-9(8)13)15-11(4-10(16)17)5-14-6-11/h1-3,14-15H,4-6H2,(H,16,17). The van der Waals surface area contributed by atoms with E-state index in [4.69, 9.17) is 28.3 Å². The maximum Gasteiger partial charge on any atom is 0.305 e. The molecule has 17 heavy (non-hydrogen) atoms. The average Bonchev–Trinajstić information content (AvgIpc) is 2.19. The first-order valence-corrected chi connectivity index (χ1v) is 5.92. The van der Waals surface area contributed by atoms with E-state index in [1.54, 1.807) is 18.2 Å². The minimum Gasteiger partial charge on any atom is -0.481 e. The average molecular weight is 275 g/mol. The monoisotopic (exact) mass is 274 g/mol. The van der Waals surface area contributed by atoms with Crippen molar-refractivity contribution in [2.75, 3.05) is 18.4 Å². The summed E-state index contributed by atoms with van der Waals surface area (Å²) in [7, 11) is 0. The van der Waals surface area contributed by atoms with Gasteiger partial charge in [0.05, 0.1) is 22.0 Å². The Bertz CT molecular complexity index is 447. The number of hydrogen-bond donors (Lipinski definition) is 3. The first-order valence-electron chi connectivity index (χ1n) is 5.17. The van der Waals surface area contributed by atoms with Gasteiger partial charge in [0, 0.05) is 18.8 Å². The van der Waals surface area contributed by atoms with Crippen molar-refractivity contribution in [3.63, 3.8) is 0 Å². The maximum absolute atomic E-state index is 10.8. The molecule has 0 spiro atoms. The Morgan fingerprint density at radius 1 is 1.41 bits per heavy atom. The van der Waals surface area contributed by atoms with Crippen LogP contribution >= 0.6 is 23.2 Å². The molecule has 3 N–H and O–H groups in total. The fourth-order valence-corrected chi connectivity index (χ4v) is 2.15. The second-order valence-corrected chi connectivity index (χ2v) is 5.02. The van der Waals surface area contributed by atoms with Crippen LogP contribution in [0.25, 0.3) is 0 Å². The van der Waals surface area contributed by atoms with Crippen LogP contribution in [0.1, 0.15) is 6.42 Å². The smallest absolute Gasteiger partial charge is 0.305 e. The third kappa shape index (κ3) is 2.83. The molecule has 0 saturated carbocycles. The topological polar surface area (TPSA) is 61.4 Å². The molecule has 0 aliphatic carbocycles. The van der Waals surface area contributed by atoms with Gasteiger partial charge in [-0.05, 0) is 18.2 Å². The van der Waals surface area contributed by atoms with Crippen LogP contribution in [0.2, 0.25) is 10.0 Å². The molecular weight excluding hydrogens is 263 g/mol. The van der Waals surface area contributed by atoms with E-state index in [-0.39, 0.29) is 6.42 Å². The summed E-state index contributed by atoms with van der Waals surface area (Å²) in [6.45, 7) is 1.25. The van der Waals surface area contributed by atoms with Crippen molar-refractivity contribution in [2.24, 2.45) is 0 Å². The van der Waals surface area contributed by atoms with Crippen LogP contribution in [0.5, 0.6) is 0 Å². The molecule has 1 saturated heterocycles. The van der Waals surface area contributed by atoms with Gasteiger partial charge in [-0.15, -0.1) is 0 Å². The van der Waals surface area contributed by atoms with Gasteiger partial charge in [-0.1, -0.05) is 23.2 Å². The number of hydrogen-bond acceptors (Lipinski definition) is 3. The number of carbonyl (C=O) groups is 1. The SMILES string of the molecule is O=C(O)CC1(Nc2ccc(Cl)c(Cl)c2)CNC1. The zero-order chi connectivity index (χ0) is 12.5. The zero-order valence-corrected chi connectivity index (χ0v) is 10.5. The van der Waals surface area contributed by atoms with E-state index < -0.39 is 11.5 Å². The number of halogens is 2. The molecule has 0 radical (unpaired) electrons. The molecule has 1 aliphatic heterocycles. The lowest BCUT2D eigenvalue weighted by Crippen LogP contribution is -2.65. The molecule has 1 heterocycles. The molecule has 1 aromatic rings. The van der Waals surface area contributed by atoms with Crippen molar-refractivity contribution in [3.8, 4) is 0 Å². The quantitative estimate of drug-likeness (QED) is 0.788. The number of nitrogens with one attached hydrogen (secondary N) is 2. The third-order valence-corrected chi connectivity index (χ3v) is 3.48. The zero-order valence-electron chi connectivity index (χ0n) is 8.96. The van der Waals surface area contributed by atoms with Gasteiger partial charge in [0.2, 0.25) is 0 Å². The largest absolute Gasteiger partial charge is 0.481 e. The van der Waals surface area contributed by atoms with Crippen molar-refractivity contribution in [3.05, 3.63) is 28.2 Å². The lowest BCUT2D eigenvalue weighted by atomic mass is 9.88. The maximum atomic E-state index is 10.8. The van der Waals surface area contributed by atoms with Gasteiger partial charge in [0.1, 0.15) is 0 Å². The molecule has 0 unspecified atom stereocenters. The molecule has 2 rings (SSSR count). The molecule has 0 atom stereocenters. The van der Waals surface area contributed by atoms with Crippen LogP contribution < -0.4 is 10.6 Å². The normalized spacial score (nSPS) is 17.3. The van der Waals surface area contributed by atoms with Gasteiger partial charge in [-0.25, -0.2) is 0 Å². The van der Waals surface area contributed by atoms with Crippen LogP contribution in [0.4, 0.5) is 5.69 Å². The lowest BCUT2D eigenvalue weighted by Gasteiger charge is -2.43. The van der Waals surface area contributed by atoms with Gasteiger partial charge >= 0.3 is 5.97 Å². The molecule has 92 valence electrons. The highest BCUT2D eigenvalue weighted by Crippen LogP contribution is 2.28. The molecule has 0 amide bonds. The van der Waals surface area contributed by atoms with Gasteiger partial charge in [-0.2, -0.15) is 0 Å². The molecule has 0 aromatic heterocycles. The van der Waals surface area contributed by atoms with Crippen LogP contribution in [0, 0.1) is 0 Å². The minimum atomic E-state index is -0.820. The Balaban J connectivity index is 2.13. The van der Waals surface area contributed by atoms with E-state index in [9.17, 15) is 4.79 Å². The number of rotatable bonds is 4. The summed E-state index contributed by atoms with van der Waals surface area (Å²) in [6, 6.07) is 5.18. The van der Waals surface area contributed by atoms with Gasteiger partial charge in [0.15, 0.2) is 0 Å². The van der Waals surface area contributed by atoms with Crippen LogP contribution in [-0.2, 0) is 4.79 Å². The second kappa shape index (κ2) is 4.72. The number of anilines is 1. The van der Waals surface area contributed by atoms with Crippen LogP contribution in [0.3, 0.4) is 0 Å². The first kappa shape index (κ1) is 12.5. The van der Waals surface area contributed by atoms with Gasteiger partial charge in [0.25, 0.3) is 0 Å². The molecule has 1 aromatic carbocycles. The summed E-state index contributed by atoms with van der Waals surface area (Å²) in [4.78, 5) is 10.8. The van der Waals surface area contributed by atoms with E-state index in [1.807, 2.05) is 0 Å². The lowest BCUT2D eigenvalue weighted by molar-refractivity contribution is -0.138. The highest BCUT2D eigenvalue weighted by Gasteiger charge is 2.39. The summed E-state index contributed by atoms with van der Waals surface area (Å²) in [5.74, 6) is -0.820. The third-order valence-electron chi connectivity index (χ3n) is 2.75. The molecule has 1 aliphatic rings. The molecule has 4 nitrogen and oxygen atoms in total. The van der Waals surface area contributed by atoms with Crippen molar-refractivity contribution >= 4 is 34.9 Å². The van der Waals surface area contributed by atoms with Gasteiger partial charge < -0.3 is 15.7 Å². The molecular formula is C11H12Cl2N2O2. The molecule has 1 fully saturated rings. The summed E-state index contributed by atoms with van der Waals surface area (Å²) in [5.41, 5.74) is 0.352. The summed E-state index contributed by atoms with van der Waals surface area (Å²) in [5, 5.41) is 16.1. The Hall–Kier alpha value is -0.970.